The second kappa shape index (κ2) is 8.26. The van der Waals surface area contributed by atoms with Gasteiger partial charge in [-0.1, -0.05) is 6.92 Å². The van der Waals surface area contributed by atoms with Crippen molar-refractivity contribution in [1.29, 1.82) is 0 Å². The Labute approximate surface area is 140 Å². The third kappa shape index (κ3) is 5.68. The lowest BCUT2D eigenvalue weighted by Crippen LogP contribution is -2.44. The molecule has 1 unspecified atom stereocenters. The average Bonchev–Trinajstić information content (AvgIpc) is 3.21. The first-order chi connectivity index (χ1) is 10.8. The maximum Gasteiger partial charge on any atom is 0.161 e. The fourth-order valence-corrected chi connectivity index (χ4v) is 3.36. The molecule has 0 radical (unpaired) electrons. The summed E-state index contributed by atoms with van der Waals surface area (Å²) in [7, 11) is 0. The molecule has 0 aromatic carbocycles. The number of hydrogen-bond acceptors (Lipinski definition) is 5. The Hall–Kier alpha value is -0.200. The van der Waals surface area contributed by atoms with Crippen LogP contribution in [0.3, 0.4) is 0 Å². The summed E-state index contributed by atoms with van der Waals surface area (Å²) >= 11 is 0. The minimum absolute atomic E-state index is 0.0655. The van der Waals surface area contributed by atoms with Crippen molar-refractivity contribution >= 4 is 0 Å². The molecule has 136 valence electrons. The lowest BCUT2D eigenvalue weighted by Gasteiger charge is -2.37. The van der Waals surface area contributed by atoms with Gasteiger partial charge in [0.05, 0.1) is 24.4 Å². The molecule has 0 bridgehead atoms. The first-order valence-corrected chi connectivity index (χ1v) is 9.10. The molecule has 2 N–H and O–H groups in total. The van der Waals surface area contributed by atoms with Crippen LogP contribution in [0.4, 0.5) is 0 Å². The van der Waals surface area contributed by atoms with E-state index in [0.29, 0.717) is 5.92 Å². The van der Waals surface area contributed by atoms with Crippen LogP contribution in [-0.2, 0) is 14.2 Å². The Morgan fingerprint density at radius 1 is 1.17 bits per heavy atom. The molecule has 1 aliphatic carbocycles. The van der Waals surface area contributed by atoms with Gasteiger partial charge in [-0.25, -0.2) is 0 Å². The van der Waals surface area contributed by atoms with E-state index in [2.05, 4.69) is 13.8 Å². The van der Waals surface area contributed by atoms with Crippen molar-refractivity contribution in [3.8, 4) is 0 Å². The summed E-state index contributed by atoms with van der Waals surface area (Å²) in [6.45, 7) is 9.91. The Balaban J connectivity index is 1.65. The molecule has 2 rings (SSSR count). The zero-order valence-electron chi connectivity index (χ0n) is 15.1. The van der Waals surface area contributed by atoms with Crippen LogP contribution in [-0.4, -0.2) is 47.2 Å². The average molecular weight is 330 g/mol. The van der Waals surface area contributed by atoms with Crippen LogP contribution in [0.25, 0.3) is 0 Å². The minimum Gasteiger partial charge on any atom is -0.390 e. The molecule has 2 aliphatic rings. The van der Waals surface area contributed by atoms with Gasteiger partial charge in [0.25, 0.3) is 0 Å². The quantitative estimate of drug-likeness (QED) is 0.670. The van der Waals surface area contributed by atoms with Gasteiger partial charge in [-0.2, -0.15) is 0 Å². The molecule has 5 nitrogen and oxygen atoms in total. The molecular weight excluding hydrogens is 296 g/mol. The number of hydrogen-bond donors (Lipinski definition) is 2. The smallest absolute Gasteiger partial charge is 0.161 e. The number of aliphatic hydroxyl groups is 2. The molecule has 1 saturated carbocycles. The van der Waals surface area contributed by atoms with Crippen molar-refractivity contribution in [2.45, 2.75) is 97.3 Å². The van der Waals surface area contributed by atoms with E-state index in [1.807, 2.05) is 20.8 Å². The molecule has 1 heterocycles. The zero-order valence-corrected chi connectivity index (χ0v) is 15.1. The van der Waals surface area contributed by atoms with E-state index >= 15 is 0 Å². The standard InChI is InChI=1S/C18H34O5/c1-10(2)21-17(20)15-9-14(15)7-6-12(4)22-18-11(3)8-16(19)13(5)23-18/h10-20H,6-9H2,1-5H3/t11-,12-,13+,14-,15-,16-,17?,18-/m1/s1. The number of rotatable bonds is 8. The van der Waals surface area contributed by atoms with Crippen LogP contribution in [0.1, 0.15) is 60.3 Å². The van der Waals surface area contributed by atoms with E-state index < -0.39 is 12.4 Å². The third-order valence-corrected chi connectivity index (χ3v) is 5.03. The fourth-order valence-electron chi connectivity index (χ4n) is 3.36. The largest absolute Gasteiger partial charge is 0.390 e. The number of aliphatic hydroxyl groups excluding tert-OH is 2. The van der Waals surface area contributed by atoms with Crippen molar-refractivity contribution in [1.82, 2.24) is 0 Å². The highest BCUT2D eigenvalue weighted by molar-refractivity contribution is 4.88. The molecule has 0 spiro atoms. The van der Waals surface area contributed by atoms with Gasteiger partial charge in [0.15, 0.2) is 12.6 Å². The van der Waals surface area contributed by atoms with Crippen LogP contribution in [0.2, 0.25) is 0 Å². The van der Waals surface area contributed by atoms with Gasteiger partial charge in [0.1, 0.15) is 0 Å². The Morgan fingerprint density at radius 3 is 2.52 bits per heavy atom. The van der Waals surface area contributed by atoms with Crippen LogP contribution < -0.4 is 0 Å². The molecule has 2 fully saturated rings. The lowest BCUT2D eigenvalue weighted by atomic mass is 9.96. The van der Waals surface area contributed by atoms with E-state index in [4.69, 9.17) is 14.2 Å². The molecule has 1 aliphatic heterocycles. The van der Waals surface area contributed by atoms with E-state index in [9.17, 15) is 10.2 Å². The summed E-state index contributed by atoms with van der Waals surface area (Å²) in [6.07, 6.45) is 2.54. The monoisotopic (exact) mass is 330 g/mol. The second-order valence-electron chi connectivity index (χ2n) is 7.75. The molecule has 23 heavy (non-hydrogen) atoms. The van der Waals surface area contributed by atoms with Crippen LogP contribution in [0.15, 0.2) is 0 Å². The second-order valence-corrected chi connectivity index (χ2v) is 7.75. The summed E-state index contributed by atoms with van der Waals surface area (Å²) in [4.78, 5) is 0. The summed E-state index contributed by atoms with van der Waals surface area (Å²) < 4.78 is 17.3. The maximum atomic E-state index is 9.95. The Kier molecular flexibility index (Phi) is 6.87. The van der Waals surface area contributed by atoms with Crippen molar-refractivity contribution < 1.29 is 24.4 Å². The summed E-state index contributed by atoms with van der Waals surface area (Å²) in [5.74, 6) is 1.03. The highest BCUT2D eigenvalue weighted by Gasteiger charge is 2.43. The van der Waals surface area contributed by atoms with Crippen molar-refractivity contribution in [3.05, 3.63) is 0 Å². The molecule has 0 aromatic heterocycles. The first-order valence-electron chi connectivity index (χ1n) is 9.10. The van der Waals surface area contributed by atoms with Gasteiger partial charge in [-0.05, 0) is 59.3 Å². The third-order valence-electron chi connectivity index (χ3n) is 5.03. The minimum atomic E-state index is -0.625. The predicted octanol–water partition coefficient (Wildman–Crippen LogP) is 2.68. The van der Waals surface area contributed by atoms with E-state index in [1.54, 1.807) is 0 Å². The van der Waals surface area contributed by atoms with Gasteiger partial charge >= 0.3 is 0 Å². The van der Waals surface area contributed by atoms with Gasteiger partial charge in [-0.3, -0.25) is 0 Å². The van der Waals surface area contributed by atoms with Gasteiger partial charge in [-0.15, -0.1) is 0 Å². The molecule has 8 atom stereocenters. The normalized spacial score (nSPS) is 40.2. The van der Waals surface area contributed by atoms with Crippen molar-refractivity contribution in [2.75, 3.05) is 0 Å². The van der Waals surface area contributed by atoms with Crippen LogP contribution in [0.5, 0.6) is 0 Å². The summed E-state index contributed by atoms with van der Waals surface area (Å²) in [5, 5.41) is 19.8. The Bertz CT molecular complexity index is 361. The summed E-state index contributed by atoms with van der Waals surface area (Å²) in [5.41, 5.74) is 0. The summed E-state index contributed by atoms with van der Waals surface area (Å²) in [6, 6.07) is 0. The first kappa shape index (κ1) is 19.1. The molecule has 0 amide bonds. The predicted molar refractivity (Wildman–Crippen MR) is 87.7 cm³/mol. The maximum absolute atomic E-state index is 9.95. The van der Waals surface area contributed by atoms with Crippen molar-refractivity contribution in [2.24, 2.45) is 17.8 Å². The fraction of sp³-hybridized carbons (Fsp3) is 1.00. The lowest BCUT2D eigenvalue weighted by molar-refractivity contribution is -0.255. The molecule has 0 aromatic rings. The van der Waals surface area contributed by atoms with Gasteiger partial charge in [0.2, 0.25) is 0 Å². The Morgan fingerprint density at radius 2 is 1.87 bits per heavy atom. The zero-order chi connectivity index (χ0) is 17.1. The van der Waals surface area contributed by atoms with E-state index in [-0.39, 0.29) is 36.4 Å². The number of ether oxygens (including phenoxy) is 3. The van der Waals surface area contributed by atoms with Gasteiger partial charge < -0.3 is 24.4 Å². The van der Waals surface area contributed by atoms with E-state index in [0.717, 1.165) is 25.7 Å². The van der Waals surface area contributed by atoms with Crippen molar-refractivity contribution in [3.63, 3.8) is 0 Å². The van der Waals surface area contributed by atoms with Crippen LogP contribution >= 0.6 is 0 Å². The van der Waals surface area contributed by atoms with Gasteiger partial charge in [0, 0.05) is 11.8 Å². The van der Waals surface area contributed by atoms with Crippen LogP contribution in [0, 0.1) is 17.8 Å². The highest BCUT2D eigenvalue weighted by atomic mass is 16.7. The molecular formula is C18H34O5. The molecule has 1 saturated heterocycles. The SMILES string of the molecule is CC(C)OC(O)[C@@H]1C[C@H]1CC[C@@H](C)O[C@@H]1O[C@@H](C)[C@H](O)C[C@H]1C. The van der Waals surface area contributed by atoms with E-state index in [1.165, 1.54) is 0 Å². The molecule has 5 heteroatoms. The highest BCUT2D eigenvalue weighted by Crippen LogP contribution is 2.45. The topological polar surface area (TPSA) is 68.2 Å².